The second kappa shape index (κ2) is 4.00. The molecule has 15 heavy (non-hydrogen) atoms. The van der Waals surface area contributed by atoms with E-state index in [2.05, 4.69) is 10.9 Å². The van der Waals surface area contributed by atoms with Gasteiger partial charge >= 0.3 is 6.18 Å². The van der Waals surface area contributed by atoms with E-state index >= 15 is 0 Å². The summed E-state index contributed by atoms with van der Waals surface area (Å²) in [6.45, 7) is 0. The third kappa shape index (κ3) is 3.31. The predicted molar refractivity (Wildman–Crippen MR) is 45.3 cm³/mol. The molecule has 0 saturated heterocycles. The Kier molecular flexibility index (Phi) is 2.95. The number of nitrogens with zero attached hydrogens (tertiary/aromatic N) is 1. The van der Waals surface area contributed by atoms with Crippen LogP contribution in [0.1, 0.15) is 11.4 Å². The van der Waals surface area contributed by atoms with Gasteiger partial charge in [-0.25, -0.2) is 4.98 Å². The van der Waals surface area contributed by atoms with Crippen molar-refractivity contribution >= 4 is 5.91 Å². The van der Waals surface area contributed by atoms with E-state index in [4.69, 9.17) is 5.73 Å². The van der Waals surface area contributed by atoms with Gasteiger partial charge in [-0.3, -0.25) is 4.79 Å². The summed E-state index contributed by atoms with van der Waals surface area (Å²) in [7, 11) is 0. The van der Waals surface area contributed by atoms with Crippen LogP contribution < -0.4 is 5.73 Å². The summed E-state index contributed by atoms with van der Waals surface area (Å²) in [5.41, 5.74) is 3.50. The van der Waals surface area contributed by atoms with Gasteiger partial charge in [0.05, 0.1) is 0 Å². The van der Waals surface area contributed by atoms with Gasteiger partial charge in [-0.2, -0.15) is 13.2 Å². The minimum atomic E-state index is -4.52. The Hall–Kier alpha value is -2.03. The number of amides is 1. The van der Waals surface area contributed by atoms with E-state index in [1.807, 2.05) is 5.92 Å². The summed E-state index contributed by atoms with van der Waals surface area (Å²) in [4.78, 5) is 13.5. The molecule has 3 nitrogen and oxygen atoms in total. The Morgan fingerprint density at radius 2 is 2.07 bits per heavy atom. The lowest BCUT2D eigenvalue weighted by molar-refractivity contribution is -0.141. The zero-order valence-electron chi connectivity index (χ0n) is 7.30. The van der Waals surface area contributed by atoms with Crippen molar-refractivity contribution in [2.45, 2.75) is 6.18 Å². The molecule has 1 aromatic rings. The molecular formula is C9H5F3N2O. The van der Waals surface area contributed by atoms with Crippen LogP contribution >= 0.6 is 0 Å². The van der Waals surface area contributed by atoms with E-state index < -0.39 is 17.8 Å². The average Bonchev–Trinajstić information content (AvgIpc) is 2.14. The molecule has 0 saturated carbocycles. The highest BCUT2D eigenvalue weighted by molar-refractivity contribution is 5.92. The third-order valence-electron chi connectivity index (χ3n) is 1.35. The Morgan fingerprint density at radius 3 is 2.60 bits per heavy atom. The van der Waals surface area contributed by atoms with Gasteiger partial charge in [0.1, 0.15) is 11.4 Å². The molecule has 0 radical (unpaired) electrons. The second-order valence-electron chi connectivity index (χ2n) is 2.52. The highest BCUT2D eigenvalue weighted by Gasteiger charge is 2.32. The quantitative estimate of drug-likeness (QED) is 0.653. The number of carbonyl (C=O) groups is 1. The molecule has 6 heteroatoms. The van der Waals surface area contributed by atoms with E-state index in [9.17, 15) is 18.0 Å². The average molecular weight is 214 g/mol. The molecule has 0 aliphatic carbocycles. The Bertz CT molecular complexity index is 443. The van der Waals surface area contributed by atoms with Crippen molar-refractivity contribution in [2.75, 3.05) is 0 Å². The van der Waals surface area contributed by atoms with Gasteiger partial charge in [-0.15, -0.1) is 0 Å². The zero-order valence-corrected chi connectivity index (χ0v) is 7.30. The number of rotatable bonds is 0. The molecule has 0 fully saturated rings. The molecular weight excluding hydrogens is 209 g/mol. The van der Waals surface area contributed by atoms with Crippen molar-refractivity contribution in [3.8, 4) is 11.8 Å². The smallest absolute Gasteiger partial charge is 0.359 e. The Labute approximate surface area is 83.1 Å². The van der Waals surface area contributed by atoms with E-state index in [-0.39, 0.29) is 5.69 Å². The third-order valence-corrected chi connectivity index (χ3v) is 1.35. The number of nitrogens with two attached hydrogens (primary N) is 1. The number of pyridine rings is 1. The molecule has 0 unspecified atom stereocenters. The molecule has 1 heterocycles. The highest BCUT2D eigenvalue weighted by atomic mass is 19.4. The number of primary amides is 1. The number of carbonyl (C=O) groups excluding carboxylic acids is 1. The fourth-order valence-electron chi connectivity index (χ4n) is 0.788. The minimum Gasteiger partial charge on any atom is -0.359 e. The van der Waals surface area contributed by atoms with Crippen LogP contribution in [0, 0.1) is 11.8 Å². The normalized spacial score (nSPS) is 10.3. The molecule has 1 aromatic heterocycles. The van der Waals surface area contributed by atoms with Crippen molar-refractivity contribution in [2.24, 2.45) is 5.73 Å². The molecule has 1 rings (SSSR count). The Morgan fingerprint density at radius 1 is 1.40 bits per heavy atom. The first-order chi connectivity index (χ1) is 6.89. The maximum Gasteiger partial charge on any atom is 0.433 e. The van der Waals surface area contributed by atoms with Crippen LogP contribution in [-0.2, 0) is 11.0 Å². The first kappa shape index (κ1) is 11.0. The van der Waals surface area contributed by atoms with Crippen molar-refractivity contribution < 1.29 is 18.0 Å². The van der Waals surface area contributed by atoms with Crippen molar-refractivity contribution in [1.29, 1.82) is 0 Å². The summed E-state index contributed by atoms with van der Waals surface area (Å²) in [5, 5.41) is 0. The van der Waals surface area contributed by atoms with Crippen LogP contribution in [0.3, 0.4) is 0 Å². The van der Waals surface area contributed by atoms with Crippen molar-refractivity contribution in [1.82, 2.24) is 4.98 Å². The molecule has 0 spiro atoms. The molecule has 2 N–H and O–H groups in total. The van der Waals surface area contributed by atoms with Crippen molar-refractivity contribution in [3.63, 3.8) is 0 Å². The van der Waals surface area contributed by atoms with Gasteiger partial charge in [0.15, 0.2) is 0 Å². The van der Waals surface area contributed by atoms with E-state index in [1.165, 1.54) is 6.07 Å². The van der Waals surface area contributed by atoms with Gasteiger partial charge in [-0.05, 0) is 18.1 Å². The molecule has 0 aromatic carbocycles. The minimum absolute atomic E-state index is 0.149. The summed E-state index contributed by atoms with van der Waals surface area (Å²) in [6.07, 6.45) is -4.52. The van der Waals surface area contributed by atoms with Crippen molar-refractivity contribution in [3.05, 3.63) is 29.6 Å². The summed E-state index contributed by atoms with van der Waals surface area (Å²) in [5.74, 6) is 3.10. The molecule has 1 amide bonds. The summed E-state index contributed by atoms with van der Waals surface area (Å²) in [6, 6.07) is 3.22. The van der Waals surface area contributed by atoms with Crippen LogP contribution in [0.4, 0.5) is 13.2 Å². The van der Waals surface area contributed by atoms with Gasteiger partial charge in [0.2, 0.25) is 0 Å². The molecule has 0 aliphatic heterocycles. The van der Waals surface area contributed by atoms with E-state index in [0.717, 1.165) is 12.1 Å². The largest absolute Gasteiger partial charge is 0.433 e. The standard InChI is InChI=1S/C9H5F3N2O/c10-9(11,12)7-3-1-2-6(14-7)4-5-8(13)15/h1-3H,(H2,13,15). The lowest BCUT2D eigenvalue weighted by Gasteiger charge is -2.04. The van der Waals surface area contributed by atoms with Crippen LogP contribution in [0.5, 0.6) is 0 Å². The number of alkyl halides is 3. The van der Waals surface area contributed by atoms with Gasteiger partial charge in [0, 0.05) is 5.92 Å². The van der Waals surface area contributed by atoms with Gasteiger partial charge < -0.3 is 5.73 Å². The molecule has 0 aliphatic rings. The first-order valence-corrected chi connectivity index (χ1v) is 3.75. The summed E-state index contributed by atoms with van der Waals surface area (Å²) < 4.78 is 36.5. The fourth-order valence-corrected chi connectivity index (χ4v) is 0.788. The number of aromatic nitrogens is 1. The Balaban J connectivity index is 3.05. The lowest BCUT2D eigenvalue weighted by Crippen LogP contribution is -2.09. The number of halogens is 3. The number of hydrogen-bond acceptors (Lipinski definition) is 2. The maximum atomic E-state index is 12.2. The van der Waals surface area contributed by atoms with Crippen LogP contribution in [0.25, 0.3) is 0 Å². The lowest BCUT2D eigenvalue weighted by atomic mass is 10.3. The monoisotopic (exact) mass is 214 g/mol. The molecule has 0 bridgehead atoms. The summed E-state index contributed by atoms with van der Waals surface area (Å²) >= 11 is 0. The van der Waals surface area contributed by atoms with Gasteiger partial charge in [-0.1, -0.05) is 6.07 Å². The predicted octanol–water partition coefficient (Wildman–Crippen LogP) is 0.937. The van der Waals surface area contributed by atoms with Crippen LogP contribution in [-0.4, -0.2) is 10.9 Å². The highest BCUT2D eigenvalue weighted by Crippen LogP contribution is 2.27. The van der Waals surface area contributed by atoms with E-state index in [0.29, 0.717) is 0 Å². The zero-order chi connectivity index (χ0) is 11.5. The number of hydrogen-bond donors (Lipinski definition) is 1. The van der Waals surface area contributed by atoms with Gasteiger partial charge in [0.25, 0.3) is 5.91 Å². The molecule has 78 valence electrons. The first-order valence-electron chi connectivity index (χ1n) is 3.75. The fraction of sp³-hybridized carbons (Fsp3) is 0.111. The van der Waals surface area contributed by atoms with E-state index in [1.54, 1.807) is 0 Å². The second-order valence-corrected chi connectivity index (χ2v) is 2.52. The maximum absolute atomic E-state index is 12.2. The van der Waals surface area contributed by atoms with Crippen LogP contribution in [0.15, 0.2) is 18.2 Å². The van der Waals surface area contributed by atoms with Crippen LogP contribution in [0.2, 0.25) is 0 Å². The topological polar surface area (TPSA) is 56.0 Å². The molecule has 0 atom stereocenters. The SMILES string of the molecule is NC(=O)C#Cc1cccc(C(F)(F)F)n1.